The van der Waals surface area contributed by atoms with E-state index in [-0.39, 0.29) is 0 Å². The number of hydrogen-bond acceptors (Lipinski definition) is 1. The average Bonchev–Trinajstić information content (AvgIpc) is 3.19. The van der Waals surface area contributed by atoms with Crippen LogP contribution in [0.15, 0.2) is 48.8 Å². The van der Waals surface area contributed by atoms with Gasteiger partial charge in [-0.2, -0.15) is 0 Å². The molecule has 4 aliphatic rings. The van der Waals surface area contributed by atoms with Crippen LogP contribution in [0.25, 0.3) is 49.1 Å². The van der Waals surface area contributed by atoms with Crippen LogP contribution in [0.1, 0.15) is 55.2 Å². The minimum atomic E-state index is 0.376. The van der Waals surface area contributed by atoms with Crippen LogP contribution in [0.5, 0.6) is 0 Å². The third kappa shape index (κ3) is 2.27. The molecular weight excluding hydrogens is 438 g/mol. The van der Waals surface area contributed by atoms with E-state index in [1.165, 1.54) is 93.3 Å². The standard InChI is InChI=1S/C33H32N3/c1-18-9-25-30-26(5-4-7-34-30)36-27-14-24(33-15-20-10-21(16-33)12-22(11-20)17-33)13-23-6-8-35(3)32(29(23)27)28(19(18)2)31(25)36/h4-9,13-14,20-22H,10-12,15-17H2,1-3H3/q+1. The second-order valence-electron chi connectivity index (χ2n) is 12.7. The second kappa shape index (κ2) is 6.37. The molecule has 10 rings (SSSR count). The summed E-state index contributed by atoms with van der Waals surface area (Å²) < 4.78 is 4.92. The number of aromatic nitrogens is 3. The van der Waals surface area contributed by atoms with Crippen LogP contribution in [0.2, 0.25) is 0 Å². The molecule has 4 aliphatic carbocycles. The Morgan fingerprint density at radius 3 is 2.42 bits per heavy atom. The number of fused-ring (bicyclic) bond motifs is 5. The van der Waals surface area contributed by atoms with Gasteiger partial charge in [-0.25, -0.2) is 4.57 Å². The summed E-state index contributed by atoms with van der Waals surface area (Å²) >= 11 is 0. The van der Waals surface area contributed by atoms with Crippen molar-refractivity contribution in [3.8, 4) is 0 Å². The maximum atomic E-state index is 4.92. The Morgan fingerprint density at radius 2 is 1.67 bits per heavy atom. The van der Waals surface area contributed by atoms with Crippen LogP contribution in [-0.4, -0.2) is 9.38 Å². The van der Waals surface area contributed by atoms with Crippen LogP contribution in [0.4, 0.5) is 0 Å². The maximum Gasteiger partial charge on any atom is 0.224 e. The highest BCUT2D eigenvalue weighted by molar-refractivity contribution is 6.25. The molecule has 0 atom stereocenters. The zero-order valence-electron chi connectivity index (χ0n) is 21.4. The number of hydrogen-bond donors (Lipinski definition) is 0. The van der Waals surface area contributed by atoms with Crippen molar-refractivity contribution in [2.45, 2.75) is 57.8 Å². The summed E-state index contributed by atoms with van der Waals surface area (Å²) in [6, 6.07) is 14.3. The van der Waals surface area contributed by atoms with Crippen molar-refractivity contribution in [2.75, 3.05) is 0 Å². The fourth-order valence-corrected chi connectivity index (χ4v) is 9.49. The van der Waals surface area contributed by atoms with Crippen molar-refractivity contribution in [1.29, 1.82) is 0 Å². The van der Waals surface area contributed by atoms with E-state index in [0.29, 0.717) is 5.41 Å². The molecule has 6 aromatic rings. The Kier molecular flexibility index (Phi) is 3.53. The lowest BCUT2D eigenvalue weighted by atomic mass is 9.48. The predicted molar refractivity (Wildman–Crippen MR) is 147 cm³/mol. The molecule has 0 N–H and O–H groups in total. The Morgan fingerprint density at radius 1 is 0.917 bits per heavy atom. The zero-order valence-corrected chi connectivity index (χ0v) is 21.4. The molecule has 0 amide bonds. The monoisotopic (exact) mass is 470 g/mol. The Labute approximate surface area is 211 Å². The van der Waals surface area contributed by atoms with E-state index < -0.39 is 0 Å². The van der Waals surface area contributed by atoms with E-state index in [1.54, 1.807) is 5.56 Å². The molecule has 4 heterocycles. The van der Waals surface area contributed by atoms with Gasteiger partial charge in [-0.15, -0.1) is 0 Å². The van der Waals surface area contributed by atoms with Crippen LogP contribution >= 0.6 is 0 Å². The summed E-state index contributed by atoms with van der Waals surface area (Å²) in [5.41, 5.74) is 11.1. The van der Waals surface area contributed by atoms with Crippen molar-refractivity contribution in [3.05, 3.63) is 65.5 Å². The molecule has 4 saturated carbocycles. The fraction of sp³-hybridized carbons (Fsp3) is 0.394. The van der Waals surface area contributed by atoms with Gasteiger partial charge in [0.2, 0.25) is 5.52 Å². The number of benzene rings is 2. The van der Waals surface area contributed by atoms with Gasteiger partial charge in [0.05, 0.1) is 32.8 Å². The molecule has 4 fully saturated rings. The highest BCUT2D eigenvalue weighted by Crippen LogP contribution is 2.61. The quantitative estimate of drug-likeness (QED) is 0.140. The lowest BCUT2D eigenvalue weighted by Crippen LogP contribution is -2.48. The molecule has 178 valence electrons. The van der Waals surface area contributed by atoms with Gasteiger partial charge < -0.3 is 4.40 Å². The SMILES string of the molecule is Cc1cc2c3ncccc3n3c4cc(C56CC7CC(CC(C7)C5)C6)cc5cc[n+](C)c(c(c1C)c23)c54. The molecule has 0 aliphatic heterocycles. The van der Waals surface area contributed by atoms with E-state index in [4.69, 9.17) is 4.98 Å². The van der Waals surface area contributed by atoms with Gasteiger partial charge in [0.15, 0.2) is 6.20 Å². The summed E-state index contributed by atoms with van der Waals surface area (Å²) in [5, 5.41) is 5.46. The summed E-state index contributed by atoms with van der Waals surface area (Å²) in [4.78, 5) is 4.92. The minimum Gasteiger partial charge on any atom is -0.306 e. The lowest BCUT2D eigenvalue weighted by molar-refractivity contribution is -0.643. The fourth-order valence-electron chi connectivity index (χ4n) is 9.49. The highest BCUT2D eigenvalue weighted by atomic mass is 15.0. The van der Waals surface area contributed by atoms with Gasteiger partial charge in [0.1, 0.15) is 7.05 Å². The Balaban J connectivity index is 1.51. The minimum absolute atomic E-state index is 0.376. The van der Waals surface area contributed by atoms with E-state index >= 15 is 0 Å². The summed E-state index contributed by atoms with van der Waals surface area (Å²) in [5.74, 6) is 2.84. The van der Waals surface area contributed by atoms with Gasteiger partial charge in [-0.1, -0.05) is 0 Å². The van der Waals surface area contributed by atoms with Crippen LogP contribution in [-0.2, 0) is 12.5 Å². The number of rotatable bonds is 1. The highest BCUT2D eigenvalue weighted by Gasteiger charge is 2.51. The molecule has 2 aromatic carbocycles. The van der Waals surface area contributed by atoms with E-state index in [1.807, 2.05) is 6.20 Å². The van der Waals surface area contributed by atoms with Gasteiger partial charge in [0, 0.05) is 17.6 Å². The first-order chi connectivity index (χ1) is 17.5. The van der Waals surface area contributed by atoms with Gasteiger partial charge in [-0.05, 0) is 128 Å². The molecule has 0 spiro atoms. The smallest absolute Gasteiger partial charge is 0.224 e. The van der Waals surface area contributed by atoms with Crippen molar-refractivity contribution >= 4 is 49.1 Å². The first-order valence-corrected chi connectivity index (χ1v) is 13.9. The van der Waals surface area contributed by atoms with E-state index in [9.17, 15) is 0 Å². The Bertz CT molecular complexity index is 1870. The summed E-state index contributed by atoms with van der Waals surface area (Å²) in [6.07, 6.45) is 12.9. The van der Waals surface area contributed by atoms with Crippen LogP contribution in [0.3, 0.4) is 0 Å². The molecule has 36 heavy (non-hydrogen) atoms. The summed E-state index contributed by atoms with van der Waals surface area (Å²) in [6.45, 7) is 4.55. The van der Waals surface area contributed by atoms with Crippen molar-refractivity contribution < 1.29 is 4.57 Å². The molecule has 4 bridgehead atoms. The Hall–Kier alpha value is -3.20. The topological polar surface area (TPSA) is 21.2 Å². The van der Waals surface area contributed by atoms with Crippen molar-refractivity contribution in [2.24, 2.45) is 24.8 Å². The first-order valence-electron chi connectivity index (χ1n) is 13.9. The van der Waals surface area contributed by atoms with Gasteiger partial charge in [-0.3, -0.25) is 4.98 Å². The first kappa shape index (κ1) is 19.9. The molecular formula is C33H32N3+. The largest absolute Gasteiger partial charge is 0.306 e. The van der Waals surface area contributed by atoms with Crippen molar-refractivity contribution in [3.63, 3.8) is 0 Å². The van der Waals surface area contributed by atoms with Gasteiger partial charge >= 0.3 is 0 Å². The predicted octanol–water partition coefficient (Wildman–Crippen LogP) is 7.29. The van der Waals surface area contributed by atoms with Crippen LogP contribution in [0, 0.1) is 31.6 Å². The molecule has 4 aromatic heterocycles. The number of pyridine rings is 3. The number of aryl methyl sites for hydroxylation is 3. The lowest BCUT2D eigenvalue weighted by Gasteiger charge is -2.57. The third-order valence-electron chi connectivity index (χ3n) is 10.7. The number of nitrogens with zero attached hydrogens (tertiary/aromatic N) is 3. The maximum absolute atomic E-state index is 4.92. The molecule has 0 radical (unpaired) electrons. The molecule has 0 saturated heterocycles. The molecule has 0 unspecified atom stereocenters. The van der Waals surface area contributed by atoms with E-state index in [2.05, 4.69) is 72.5 Å². The van der Waals surface area contributed by atoms with Gasteiger partial charge in [0.25, 0.3) is 0 Å². The summed E-state index contributed by atoms with van der Waals surface area (Å²) in [7, 11) is 2.22. The van der Waals surface area contributed by atoms with Crippen LogP contribution < -0.4 is 4.57 Å². The van der Waals surface area contributed by atoms with E-state index in [0.717, 1.165) is 23.3 Å². The molecule has 3 heteroatoms. The molecule has 3 nitrogen and oxygen atoms in total. The zero-order chi connectivity index (χ0) is 23.9. The third-order valence-corrected chi connectivity index (χ3v) is 10.7. The normalized spacial score (nSPS) is 27.6. The average molecular weight is 471 g/mol. The second-order valence-corrected chi connectivity index (χ2v) is 12.7. The van der Waals surface area contributed by atoms with Crippen molar-refractivity contribution in [1.82, 2.24) is 9.38 Å².